The van der Waals surface area contributed by atoms with Crippen LogP contribution in [0.1, 0.15) is 33.3 Å². The molecule has 2 aromatic carbocycles. The van der Waals surface area contributed by atoms with E-state index in [1.54, 1.807) is 31.4 Å². The predicted molar refractivity (Wildman–Crippen MR) is 107 cm³/mol. The van der Waals surface area contributed by atoms with E-state index in [1.807, 2.05) is 24.3 Å². The molecule has 0 bridgehead atoms. The van der Waals surface area contributed by atoms with Gasteiger partial charge in [0.25, 0.3) is 5.91 Å². The Morgan fingerprint density at radius 3 is 2.39 bits per heavy atom. The summed E-state index contributed by atoms with van der Waals surface area (Å²) in [6, 6.07) is 14.3. The molecule has 0 spiro atoms. The fourth-order valence-corrected chi connectivity index (χ4v) is 2.55. The number of nitrogens with one attached hydrogen (secondary N) is 2. The zero-order valence-electron chi connectivity index (χ0n) is 15.6. The molecule has 0 atom stereocenters. The minimum absolute atomic E-state index is 0.0278. The van der Waals surface area contributed by atoms with Gasteiger partial charge in [-0.2, -0.15) is 0 Å². The van der Waals surface area contributed by atoms with Crippen molar-refractivity contribution in [2.24, 2.45) is 0 Å². The number of rotatable bonds is 7. The lowest BCUT2D eigenvalue weighted by Crippen LogP contribution is -2.14. The van der Waals surface area contributed by atoms with E-state index < -0.39 is 0 Å². The van der Waals surface area contributed by atoms with Crippen molar-refractivity contribution in [1.29, 1.82) is 0 Å². The van der Waals surface area contributed by atoms with Crippen LogP contribution in [0, 0.1) is 0 Å². The summed E-state index contributed by atoms with van der Waals surface area (Å²) in [7, 11) is 1.62. The summed E-state index contributed by atoms with van der Waals surface area (Å²) in [4.78, 5) is 32.0. The molecule has 1 heterocycles. The number of carbonyl (C=O) groups is 2. The van der Waals surface area contributed by atoms with E-state index in [4.69, 9.17) is 4.74 Å². The maximum Gasteiger partial charge on any atom is 0.275 e. The molecule has 7 nitrogen and oxygen atoms in total. The third-order valence-electron chi connectivity index (χ3n) is 4.09. The van der Waals surface area contributed by atoms with Crippen LogP contribution in [0.5, 0.6) is 5.75 Å². The molecule has 0 aliphatic heterocycles. The molecular weight excluding hydrogens is 356 g/mol. The third-order valence-corrected chi connectivity index (χ3v) is 4.09. The average molecular weight is 376 g/mol. The highest BCUT2D eigenvalue weighted by atomic mass is 16.5. The molecule has 2 N–H and O–H groups in total. The highest BCUT2D eigenvalue weighted by Gasteiger charge is 2.09. The molecule has 3 rings (SSSR count). The van der Waals surface area contributed by atoms with E-state index in [1.165, 1.54) is 19.3 Å². The van der Waals surface area contributed by atoms with E-state index in [0.717, 1.165) is 11.3 Å². The first kappa shape index (κ1) is 19.0. The van der Waals surface area contributed by atoms with Crippen molar-refractivity contribution in [1.82, 2.24) is 9.97 Å². The lowest BCUT2D eigenvalue weighted by molar-refractivity contribution is 0.101. The van der Waals surface area contributed by atoms with Crippen LogP contribution in [-0.4, -0.2) is 28.8 Å². The van der Waals surface area contributed by atoms with Crippen LogP contribution in [0.3, 0.4) is 0 Å². The summed E-state index contributed by atoms with van der Waals surface area (Å²) >= 11 is 0. The molecule has 1 aromatic heterocycles. The first-order valence-corrected chi connectivity index (χ1v) is 8.67. The Balaban J connectivity index is 1.60. The Labute approximate surface area is 162 Å². The van der Waals surface area contributed by atoms with Gasteiger partial charge in [-0.15, -0.1) is 0 Å². The maximum atomic E-state index is 12.3. The van der Waals surface area contributed by atoms with Crippen molar-refractivity contribution < 1.29 is 14.3 Å². The molecule has 0 saturated carbocycles. The van der Waals surface area contributed by atoms with Gasteiger partial charge >= 0.3 is 0 Å². The zero-order chi connectivity index (χ0) is 19.9. The monoisotopic (exact) mass is 376 g/mol. The van der Waals surface area contributed by atoms with Crippen molar-refractivity contribution in [3.8, 4) is 5.75 Å². The third kappa shape index (κ3) is 4.70. The van der Waals surface area contributed by atoms with Crippen LogP contribution in [0.2, 0.25) is 0 Å². The number of Topliss-reactive ketones (excluding diaryl/α,β-unsaturated/α-hetero) is 1. The Hall–Kier alpha value is -3.74. The second-order valence-corrected chi connectivity index (χ2v) is 6.04. The summed E-state index contributed by atoms with van der Waals surface area (Å²) in [6.07, 6.45) is 2.91. The Kier molecular flexibility index (Phi) is 5.96. The van der Waals surface area contributed by atoms with Gasteiger partial charge in [0.2, 0.25) is 0 Å². The number of amides is 1. The summed E-state index contributed by atoms with van der Waals surface area (Å²) in [5.41, 5.74) is 2.35. The maximum absolute atomic E-state index is 12.3. The largest absolute Gasteiger partial charge is 0.496 e. The van der Waals surface area contributed by atoms with Crippen LogP contribution in [0.4, 0.5) is 11.5 Å². The lowest BCUT2D eigenvalue weighted by Gasteiger charge is -2.10. The second-order valence-electron chi connectivity index (χ2n) is 6.04. The molecule has 1 amide bonds. The molecule has 3 aromatic rings. The van der Waals surface area contributed by atoms with E-state index >= 15 is 0 Å². The van der Waals surface area contributed by atoms with Crippen molar-refractivity contribution >= 4 is 23.2 Å². The molecule has 0 fully saturated rings. The van der Waals surface area contributed by atoms with Crippen LogP contribution < -0.4 is 15.4 Å². The van der Waals surface area contributed by atoms with Gasteiger partial charge in [0.05, 0.1) is 19.5 Å². The molecular formula is C21H20N4O3. The van der Waals surface area contributed by atoms with Crippen molar-refractivity contribution in [3.63, 3.8) is 0 Å². The van der Waals surface area contributed by atoms with E-state index in [0.29, 0.717) is 23.6 Å². The van der Waals surface area contributed by atoms with Gasteiger partial charge in [-0.05, 0) is 37.3 Å². The number of methoxy groups -OCH3 is 1. The Morgan fingerprint density at radius 1 is 1.00 bits per heavy atom. The zero-order valence-corrected chi connectivity index (χ0v) is 15.6. The molecule has 28 heavy (non-hydrogen) atoms. The van der Waals surface area contributed by atoms with Crippen LogP contribution >= 0.6 is 0 Å². The quantitative estimate of drug-likeness (QED) is 0.613. The summed E-state index contributed by atoms with van der Waals surface area (Å²) in [5.74, 6) is 0.933. The molecule has 0 unspecified atom stereocenters. The topological polar surface area (TPSA) is 93.2 Å². The van der Waals surface area contributed by atoms with Gasteiger partial charge in [-0.1, -0.05) is 18.2 Å². The fraction of sp³-hybridized carbons (Fsp3) is 0.143. The van der Waals surface area contributed by atoms with Gasteiger partial charge in [-0.3, -0.25) is 9.59 Å². The standard InChI is InChI=1S/C21H20N4O3/c1-14(26)15-7-9-17(10-8-15)25-21(27)18-12-24-20(13-22-18)23-11-16-5-3-4-6-19(16)28-2/h3-10,12-13H,11H2,1-2H3,(H,23,24)(H,25,27). The predicted octanol–water partition coefficient (Wildman–Crippen LogP) is 3.55. The Morgan fingerprint density at radius 2 is 1.75 bits per heavy atom. The number of ether oxygens (including phenoxy) is 1. The van der Waals surface area contributed by atoms with Gasteiger partial charge in [0.1, 0.15) is 17.3 Å². The van der Waals surface area contributed by atoms with E-state index in [-0.39, 0.29) is 17.4 Å². The van der Waals surface area contributed by atoms with Crippen molar-refractivity contribution in [2.75, 3.05) is 17.7 Å². The second kappa shape index (κ2) is 8.77. The summed E-state index contributed by atoms with van der Waals surface area (Å²) in [6.45, 7) is 2.01. The highest BCUT2D eigenvalue weighted by molar-refractivity contribution is 6.03. The lowest BCUT2D eigenvalue weighted by atomic mass is 10.1. The molecule has 7 heteroatoms. The highest BCUT2D eigenvalue weighted by Crippen LogP contribution is 2.18. The number of anilines is 2. The number of hydrogen-bond donors (Lipinski definition) is 2. The summed E-state index contributed by atoms with van der Waals surface area (Å²) < 4.78 is 5.31. The van der Waals surface area contributed by atoms with Crippen LogP contribution in [0.15, 0.2) is 60.9 Å². The Bertz CT molecular complexity index is 970. The summed E-state index contributed by atoms with van der Waals surface area (Å²) in [5, 5.41) is 5.88. The first-order chi connectivity index (χ1) is 13.6. The molecule has 0 aliphatic rings. The number of aromatic nitrogens is 2. The number of hydrogen-bond acceptors (Lipinski definition) is 6. The SMILES string of the molecule is COc1ccccc1CNc1cnc(C(=O)Nc2ccc(C(C)=O)cc2)cn1. The van der Waals surface area contributed by atoms with Crippen molar-refractivity contribution in [3.05, 3.63) is 77.7 Å². The smallest absolute Gasteiger partial charge is 0.275 e. The average Bonchev–Trinajstić information content (AvgIpc) is 2.73. The molecule has 0 radical (unpaired) electrons. The molecule has 0 saturated heterocycles. The first-order valence-electron chi connectivity index (χ1n) is 8.67. The molecule has 0 aliphatic carbocycles. The van der Waals surface area contributed by atoms with Gasteiger partial charge in [0.15, 0.2) is 5.78 Å². The number of benzene rings is 2. The minimum atomic E-state index is -0.376. The van der Waals surface area contributed by atoms with Gasteiger partial charge in [-0.25, -0.2) is 9.97 Å². The number of carbonyl (C=O) groups excluding carboxylic acids is 2. The van der Waals surface area contributed by atoms with E-state index in [9.17, 15) is 9.59 Å². The van der Waals surface area contributed by atoms with Gasteiger partial charge < -0.3 is 15.4 Å². The van der Waals surface area contributed by atoms with Crippen LogP contribution in [-0.2, 0) is 6.54 Å². The van der Waals surface area contributed by atoms with Crippen LogP contribution in [0.25, 0.3) is 0 Å². The molecule has 142 valence electrons. The number of ketones is 1. The number of nitrogens with zero attached hydrogens (tertiary/aromatic N) is 2. The van der Waals surface area contributed by atoms with Gasteiger partial charge in [0, 0.05) is 23.4 Å². The van der Waals surface area contributed by atoms with E-state index in [2.05, 4.69) is 20.6 Å². The van der Waals surface area contributed by atoms with Crippen molar-refractivity contribution in [2.45, 2.75) is 13.5 Å². The fourth-order valence-electron chi connectivity index (χ4n) is 2.55. The minimum Gasteiger partial charge on any atom is -0.496 e. The number of para-hydroxylation sites is 1. The normalized spacial score (nSPS) is 10.2.